The summed E-state index contributed by atoms with van der Waals surface area (Å²) in [4.78, 5) is 1.36. The zero-order valence-electron chi connectivity index (χ0n) is 11.6. The van der Waals surface area contributed by atoms with Gasteiger partial charge in [-0.05, 0) is 55.7 Å². The van der Waals surface area contributed by atoms with Crippen molar-refractivity contribution < 1.29 is 0 Å². The second-order valence-corrected chi connectivity index (χ2v) is 6.18. The number of nitrogens with one attached hydrogen (secondary N) is 1. The average molecular weight is 263 g/mol. The number of benzene rings is 1. The van der Waals surface area contributed by atoms with Gasteiger partial charge in [-0.1, -0.05) is 31.9 Å². The van der Waals surface area contributed by atoms with Crippen molar-refractivity contribution in [3.05, 3.63) is 29.8 Å². The van der Waals surface area contributed by atoms with Gasteiger partial charge in [0, 0.05) is 10.9 Å². The number of hydrogen-bond donors (Lipinski definition) is 1. The third kappa shape index (κ3) is 4.33. The van der Waals surface area contributed by atoms with Crippen molar-refractivity contribution in [1.29, 1.82) is 0 Å². The normalized spacial score (nSPS) is 16.8. The molecule has 1 unspecified atom stereocenters. The van der Waals surface area contributed by atoms with E-state index in [9.17, 15) is 0 Å². The standard InChI is InChI=1S/C16H25NS/c1-3-12-17-16(11-6-13-4-5-13)14-7-9-15(18-2)10-8-14/h7-10,13,16-17H,3-6,11-12H2,1-2H3. The van der Waals surface area contributed by atoms with Crippen LogP contribution in [0.15, 0.2) is 29.2 Å². The highest BCUT2D eigenvalue weighted by molar-refractivity contribution is 7.98. The number of rotatable bonds is 8. The average Bonchev–Trinajstić information content (AvgIpc) is 3.23. The fourth-order valence-corrected chi connectivity index (χ4v) is 2.76. The van der Waals surface area contributed by atoms with E-state index in [1.54, 1.807) is 0 Å². The van der Waals surface area contributed by atoms with E-state index in [0.717, 1.165) is 12.5 Å². The maximum Gasteiger partial charge on any atom is 0.0320 e. The Morgan fingerprint density at radius 1 is 1.28 bits per heavy atom. The largest absolute Gasteiger partial charge is 0.310 e. The molecule has 1 saturated carbocycles. The monoisotopic (exact) mass is 263 g/mol. The zero-order valence-corrected chi connectivity index (χ0v) is 12.4. The first kappa shape index (κ1) is 14.0. The summed E-state index contributed by atoms with van der Waals surface area (Å²) in [5, 5.41) is 3.70. The van der Waals surface area contributed by atoms with Crippen molar-refractivity contribution in [2.75, 3.05) is 12.8 Å². The minimum Gasteiger partial charge on any atom is -0.310 e. The van der Waals surface area contributed by atoms with Crippen LogP contribution >= 0.6 is 11.8 Å². The van der Waals surface area contributed by atoms with E-state index in [1.807, 2.05) is 11.8 Å². The minimum absolute atomic E-state index is 0.557. The van der Waals surface area contributed by atoms with Crippen molar-refractivity contribution >= 4 is 11.8 Å². The maximum atomic E-state index is 3.70. The molecule has 0 aliphatic heterocycles. The second-order valence-electron chi connectivity index (χ2n) is 5.30. The maximum absolute atomic E-state index is 3.70. The van der Waals surface area contributed by atoms with E-state index >= 15 is 0 Å². The van der Waals surface area contributed by atoms with Gasteiger partial charge in [-0.2, -0.15) is 0 Å². The molecule has 1 aliphatic carbocycles. The summed E-state index contributed by atoms with van der Waals surface area (Å²) in [6.45, 7) is 3.36. The molecule has 0 radical (unpaired) electrons. The molecule has 1 aromatic rings. The van der Waals surface area contributed by atoms with Crippen molar-refractivity contribution in [1.82, 2.24) is 5.32 Å². The summed E-state index contributed by atoms with van der Waals surface area (Å²) in [6, 6.07) is 9.65. The molecular formula is C16H25NS. The lowest BCUT2D eigenvalue weighted by Gasteiger charge is -2.19. The van der Waals surface area contributed by atoms with Crippen LogP contribution in [-0.2, 0) is 0 Å². The highest BCUT2D eigenvalue weighted by Crippen LogP contribution is 2.36. The van der Waals surface area contributed by atoms with E-state index in [4.69, 9.17) is 0 Å². The summed E-state index contributed by atoms with van der Waals surface area (Å²) >= 11 is 1.81. The molecule has 0 amide bonds. The van der Waals surface area contributed by atoms with Gasteiger partial charge in [-0.15, -0.1) is 11.8 Å². The van der Waals surface area contributed by atoms with Crippen LogP contribution in [0, 0.1) is 5.92 Å². The van der Waals surface area contributed by atoms with Gasteiger partial charge in [0.2, 0.25) is 0 Å². The molecule has 1 aromatic carbocycles. The zero-order chi connectivity index (χ0) is 12.8. The molecule has 1 atom stereocenters. The molecule has 0 heterocycles. The van der Waals surface area contributed by atoms with E-state index in [0.29, 0.717) is 6.04 Å². The number of hydrogen-bond acceptors (Lipinski definition) is 2. The summed E-state index contributed by atoms with van der Waals surface area (Å²) in [6.07, 6.45) is 8.96. The molecule has 0 aromatic heterocycles. The Bertz CT molecular complexity index is 343. The lowest BCUT2D eigenvalue weighted by molar-refractivity contribution is 0.470. The fourth-order valence-electron chi connectivity index (χ4n) is 2.35. The molecule has 0 spiro atoms. The Hall–Kier alpha value is -0.470. The lowest BCUT2D eigenvalue weighted by Crippen LogP contribution is -2.22. The lowest BCUT2D eigenvalue weighted by atomic mass is 10.0. The predicted octanol–water partition coefficient (Wildman–Crippen LogP) is 4.64. The van der Waals surface area contributed by atoms with Crippen molar-refractivity contribution in [2.45, 2.75) is 50.0 Å². The quantitative estimate of drug-likeness (QED) is 0.686. The van der Waals surface area contributed by atoms with Gasteiger partial charge >= 0.3 is 0 Å². The van der Waals surface area contributed by atoms with Crippen LogP contribution in [0.4, 0.5) is 0 Å². The second kappa shape index (κ2) is 7.20. The molecule has 1 nitrogen and oxygen atoms in total. The highest BCUT2D eigenvalue weighted by Gasteiger charge is 2.22. The van der Waals surface area contributed by atoms with E-state index < -0.39 is 0 Å². The van der Waals surface area contributed by atoms with Crippen LogP contribution in [0.2, 0.25) is 0 Å². The third-order valence-electron chi connectivity index (χ3n) is 3.72. The molecule has 0 saturated heterocycles. The Kier molecular flexibility index (Phi) is 5.58. The molecule has 1 N–H and O–H groups in total. The first-order valence-corrected chi connectivity index (χ1v) is 8.43. The van der Waals surface area contributed by atoms with Gasteiger partial charge in [0.05, 0.1) is 0 Å². The molecule has 18 heavy (non-hydrogen) atoms. The van der Waals surface area contributed by atoms with E-state index in [1.165, 1.54) is 42.6 Å². The van der Waals surface area contributed by atoms with Crippen molar-refractivity contribution in [2.24, 2.45) is 5.92 Å². The smallest absolute Gasteiger partial charge is 0.0320 e. The van der Waals surface area contributed by atoms with Gasteiger partial charge in [0.1, 0.15) is 0 Å². The van der Waals surface area contributed by atoms with Crippen LogP contribution in [0.1, 0.15) is 50.6 Å². The summed E-state index contributed by atoms with van der Waals surface area (Å²) in [5.74, 6) is 1.03. The summed E-state index contributed by atoms with van der Waals surface area (Å²) in [7, 11) is 0. The van der Waals surface area contributed by atoms with Crippen LogP contribution < -0.4 is 5.32 Å². The van der Waals surface area contributed by atoms with E-state index in [-0.39, 0.29) is 0 Å². The Balaban J connectivity index is 1.94. The van der Waals surface area contributed by atoms with Crippen LogP contribution in [0.3, 0.4) is 0 Å². The Labute approximate surface area is 116 Å². The van der Waals surface area contributed by atoms with Crippen molar-refractivity contribution in [3.63, 3.8) is 0 Å². The Morgan fingerprint density at radius 2 is 2.00 bits per heavy atom. The SMILES string of the molecule is CCCNC(CCC1CC1)c1ccc(SC)cc1. The van der Waals surface area contributed by atoms with Crippen LogP contribution in [0.25, 0.3) is 0 Å². The predicted molar refractivity (Wildman–Crippen MR) is 81.2 cm³/mol. The van der Waals surface area contributed by atoms with Gasteiger partial charge in [-0.25, -0.2) is 0 Å². The Morgan fingerprint density at radius 3 is 2.56 bits per heavy atom. The highest BCUT2D eigenvalue weighted by atomic mass is 32.2. The van der Waals surface area contributed by atoms with Gasteiger partial charge < -0.3 is 5.32 Å². The fraction of sp³-hybridized carbons (Fsp3) is 0.625. The van der Waals surface area contributed by atoms with Gasteiger partial charge in [0.15, 0.2) is 0 Å². The van der Waals surface area contributed by atoms with Crippen molar-refractivity contribution in [3.8, 4) is 0 Å². The van der Waals surface area contributed by atoms with Crippen LogP contribution in [-0.4, -0.2) is 12.8 Å². The molecular weight excluding hydrogens is 238 g/mol. The molecule has 0 bridgehead atoms. The molecule has 1 fully saturated rings. The molecule has 2 heteroatoms. The minimum atomic E-state index is 0.557. The van der Waals surface area contributed by atoms with Gasteiger partial charge in [-0.3, -0.25) is 0 Å². The molecule has 100 valence electrons. The topological polar surface area (TPSA) is 12.0 Å². The van der Waals surface area contributed by atoms with Crippen LogP contribution in [0.5, 0.6) is 0 Å². The van der Waals surface area contributed by atoms with Gasteiger partial charge in [0.25, 0.3) is 0 Å². The first-order chi connectivity index (χ1) is 8.83. The van der Waals surface area contributed by atoms with E-state index in [2.05, 4.69) is 42.8 Å². The summed E-state index contributed by atoms with van der Waals surface area (Å²) in [5.41, 5.74) is 1.46. The summed E-state index contributed by atoms with van der Waals surface area (Å²) < 4.78 is 0. The molecule has 2 rings (SSSR count). The third-order valence-corrected chi connectivity index (χ3v) is 4.46. The first-order valence-electron chi connectivity index (χ1n) is 7.20. The molecule has 1 aliphatic rings. The number of thioether (sulfide) groups is 1.